The van der Waals surface area contributed by atoms with Crippen LogP contribution in [0.4, 0.5) is 5.69 Å². The Morgan fingerprint density at radius 1 is 0.800 bits per heavy atom. The number of anilines is 1. The molecule has 172 valence electrons. The summed E-state index contributed by atoms with van der Waals surface area (Å²) in [4.78, 5) is 13.4. The summed E-state index contributed by atoms with van der Waals surface area (Å²) in [5, 5.41) is 9.52. The molecule has 1 rings (SSSR count). The van der Waals surface area contributed by atoms with Crippen molar-refractivity contribution in [2.45, 2.75) is 129 Å². The zero-order chi connectivity index (χ0) is 21.9. The number of hydrogen-bond acceptors (Lipinski definition) is 2. The first-order valence-corrected chi connectivity index (χ1v) is 12.7. The van der Waals surface area contributed by atoms with Crippen LogP contribution in [0.3, 0.4) is 0 Å². The molecule has 0 aromatic heterocycles. The van der Waals surface area contributed by atoms with E-state index < -0.39 is 0 Å². The van der Waals surface area contributed by atoms with Crippen LogP contribution in [0.5, 0.6) is 0 Å². The van der Waals surface area contributed by atoms with Crippen LogP contribution >= 0.6 is 0 Å². The number of para-hydroxylation sites is 1. The van der Waals surface area contributed by atoms with Crippen molar-refractivity contribution in [3.8, 4) is 0 Å². The highest BCUT2D eigenvalue weighted by Crippen LogP contribution is 2.23. The largest absolute Gasteiger partial charge is 0.392 e. The minimum Gasteiger partial charge on any atom is -0.392 e. The lowest BCUT2D eigenvalue weighted by molar-refractivity contribution is -0.107. The number of unbranched alkanes of at least 4 members (excludes halogenated alkanes) is 14. The van der Waals surface area contributed by atoms with Gasteiger partial charge in [-0.25, -0.2) is 0 Å². The second-order valence-corrected chi connectivity index (χ2v) is 8.89. The second kappa shape index (κ2) is 18.4. The van der Waals surface area contributed by atoms with E-state index in [1.807, 2.05) is 24.3 Å². The molecule has 0 aliphatic rings. The molecule has 0 aliphatic carbocycles. The number of hydrogen-bond donors (Lipinski definition) is 1. The highest BCUT2D eigenvalue weighted by Gasteiger charge is 2.16. The molecule has 0 fully saturated rings. The molecule has 3 nitrogen and oxygen atoms in total. The molecule has 0 aliphatic heterocycles. The molecule has 0 bridgehead atoms. The summed E-state index contributed by atoms with van der Waals surface area (Å²) in [5.74, 6) is 0. The summed E-state index contributed by atoms with van der Waals surface area (Å²) in [7, 11) is 0. The Hall–Kier alpha value is -1.35. The quantitative estimate of drug-likeness (QED) is 0.174. The molecule has 0 heterocycles. The maximum absolute atomic E-state index is 11.6. The van der Waals surface area contributed by atoms with Crippen molar-refractivity contribution in [3.05, 3.63) is 29.8 Å². The normalized spacial score (nSPS) is 12.1. The first kappa shape index (κ1) is 26.7. The van der Waals surface area contributed by atoms with Crippen LogP contribution in [-0.2, 0) is 11.4 Å². The van der Waals surface area contributed by atoms with E-state index in [-0.39, 0.29) is 12.6 Å². The minimum atomic E-state index is -0.0355. The third kappa shape index (κ3) is 11.7. The van der Waals surface area contributed by atoms with Gasteiger partial charge in [0.2, 0.25) is 6.41 Å². The highest BCUT2D eigenvalue weighted by molar-refractivity contribution is 5.77. The highest BCUT2D eigenvalue weighted by atomic mass is 16.3. The third-order valence-corrected chi connectivity index (χ3v) is 6.25. The van der Waals surface area contributed by atoms with E-state index >= 15 is 0 Å². The van der Waals surface area contributed by atoms with Crippen molar-refractivity contribution in [3.63, 3.8) is 0 Å². The molecule has 30 heavy (non-hydrogen) atoms. The van der Waals surface area contributed by atoms with Crippen LogP contribution in [-0.4, -0.2) is 17.6 Å². The van der Waals surface area contributed by atoms with E-state index in [2.05, 4.69) is 13.8 Å². The Balaban J connectivity index is 2.01. The number of nitrogens with zero attached hydrogens (tertiary/aromatic N) is 1. The monoisotopic (exact) mass is 417 g/mol. The van der Waals surface area contributed by atoms with Gasteiger partial charge >= 0.3 is 0 Å². The summed E-state index contributed by atoms with van der Waals surface area (Å²) in [6, 6.07) is 7.79. The van der Waals surface area contributed by atoms with E-state index in [1.165, 1.54) is 89.9 Å². The van der Waals surface area contributed by atoms with Crippen molar-refractivity contribution in [2.24, 2.45) is 0 Å². The maximum atomic E-state index is 11.6. The first-order chi connectivity index (χ1) is 14.7. The number of amides is 1. The molecule has 1 unspecified atom stereocenters. The summed E-state index contributed by atoms with van der Waals surface area (Å²) in [5.41, 5.74) is 1.65. The number of benzene rings is 1. The fourth-order valence-electron chi connectivity index (χ4n) is 4.24. The molecule has 1 N–H and O–H groups in total. The van der Waals surface area contributed by atoms with Crippen molar-refractivity contribution in [1.29, 1.82) is 0 Å². The fourth-order valence-corrected chi connectivity index (χ4v) is 4.24. The second-order valence-electron chi connectivity index (χ2n) is 8.89. The smallest absolute Gasteiger partial charge is 0.214 e. The van der Waals surface area contributed by atoms with E-state index in [9.17, 15) is 9.90 Å². The van der Waals surface area contributed by atoms with Gasteiger partial charge in [0.25, 0.3) is 0 Å². The molecular weight excluding hydrogens is 370 g/mol. The number of aliphatic hydroxyl groups excluding tert-OH is 1. The van der Waals surface area contributed by atoms with Gasteiger partial charge in [0.05, 0.1) is 6.61 Å². The predicted octanol–water partition coefficient (Wildman–Crippen LogP) is 7.79. The van der Waals surface area contributed by atoms with Crippen molar-refractivity contribution < 1.29 is 9.90 Å². The fraction of sp³-hybridized carbons (Fsp3) is 0.741. The Morgan fingerprint density at radius 2 is 1.27 bits per heavy atom. The van der Waals surface area contributed by atoms with Gasteiger partial charge in [0.1, 0.15) is 0 Å². The van der Waals surface area contributed by atoms with Gasteiger partial charge in [-0.1, -0.05) is 121 Å². The molecular formula is C27H47NO2. The standard InChI is InChI=1S/C27H47NO2/c1-3-4-5-6-7-8-9-10-11-12-13-14-15-16-17-20-25(2)28(24-30)27-22-19-18-21-26(27)23-29/h18-19,21-22,24-25,29H,3-17,20,23H2,1-2H3. The first-order valence-electron chi connectivity index (χ1n) is 12.7. The van der Waals surface area contributed by atoms with Crippen LogP contribution in [0.25, 0.3) is 0 Å². The Kier molecular flexibility index (Phi) is 16.4. The number of carbonyl (C=O) groups is 1. The Morgan fingerprint density at radius 3 is 1.73 bits per heavy atom. The molecule has 1 amide bonds. The molecule has 0 spiro atoms. The van der Waals surface area contributed by atoms with Crippen LogP contribution in [0.2, 0.25) is 0 Å². The van der Waals surface area contributed by atoms with Crippen molar-refractivity contribution in [1.82, 2.24) is 0 Å². The van der Waals surface area contributed by atoms with Crippen LogP contribution in [0.15, 0.2) is 24.3 Å². The molecule has 3 heteroatoms. The summed E-state index contributed by atoms with van der Waals surface area (Å²) < 4.78 is 0. The number of rotatable bonds is 20. The van der Waals surface area contributed by atoms with Gasteiger partial charge < -0.3 is 10.0 Å². The third-order valence-electron chi connectivity index (χ3n) is 6.25. The zero-order valence-corrected chi connectivity index (χ0v) is 19.8. The Labute approximate surface area is 186 Å². The molecule has 0 saturated carbocycles. The van der Waals surface area contributed by atoms with Gasteiger partial charge in [-0.3, -0.25) is 4.79 Å². The van der Waals surface area contributed by atoms with Gasteiger partial charge in [-0.2, -0.15) is 0 Å². The topological polar surface area (TPSA) is 40.5 Å². The van der Waals surface area contributed by atoms with E-state index in [1.54, 1.807) is 4.90 Å². The number of carbonyl (C=O) groups excluding carboxylic acids is 1. The van der Waals surface area contributed by atoms with E-state index in [0.29, 0.717) is 0 Å². The van der Waals surface area contributed by atoms with Crippen LogP contribution < -0.4 is 4.90 Å². The average molecular weight is 418 g/mol. The molecule has 0 saturated heterocycles. The van der Waals surface area contributed by atoms with Crippen LogP contribution in [0, 0.1) is 0 Å². The Bertz CT molecular complexity index is 531. The number of aliphatic hydroxyl groups is 1. The average Bonchev–Trinajstić information content (AvgIpc) is 2.77. The van der Waals surface area contributed by atoms with E-state index in [4.69, 9.17) is 0 Å². The summed E-state index contributed by atoms with van der Waals surface area (Å²) >= 11 is 0. The molecule has 1 aromatic carbocycles. The molecule has 1 atom stereocenters. The molecule has 1 aromatic rings. The zero-order valence-electron chi connectivity index (χ0n) is 19.8. The van der Waals surface area contributed by atoms with Gasteiger partial charge in [0, 0.05) is 17.3 Å². The lowest BCUT2D eigenvalue weighted by atomic mass is 10.0. The molecule has 0 radical (unpaired) electrons. The SMILES string of the molecule is CCCCCCCCCCCCCCCCCC(C)N(C=O)c1ccccc1CO. The summed E-state index contributed by atoms with van der Waals surface area (Å²) in [6.45, 7) is 4.35. The van der Waals surface area contributed by atoms with Crippen molar-refractivity contribution in [2.75, 3.05) is 4.90 Å². The lowest BCUT2D eigenvalue weighted by Crippen LogP contribution is -2.32. The van der Waals surface area contributed by atoms with Crippen LogP contribution in [0.1, 0.15) is 122 Å². The lowest BCUT2D eigenvalue weighted by Gasteiger charge is -2.27. The van der Waals surface area contributed by atoms with E-state index in [0.717, 1.165) is 30.5 Å². The minimum absolute atomic E-state index is 0.0355. The van der Waals surface area contributed by atoms with Gasteiger partial charge in [-0.15, -0.1) is 0 Å². The van der Waals surface area contributed by atoms with Crippen molar-refractivity contribution >= 4 is 12.1 Å². The van der Waals surface area contributed by atoms with Gasteiger partial charge in [-0.05, 0) is 19.4 Å². The predicted molar refractivity (Wildman–Crippen MR) is 130 cm³/mol. The maximum Gasteiger partial charge on any atom is 0.214 e. The summed E-state index contributed by atoms with van der Waals surface area (Å²) in [6.07, 6.45) is 22.5. The van der Waals surface area contributed by atoms with Gasteiger partial charge in [0.15, 0.2) is 0 Å².